The molecule has 0 aliphatic heterocycles. The lowest BCUT2D eigenvalue weighted by Gasteiger charge is -2.21. The predicted octanol–water partition coefficient (Wildman–Crippen LogP) is 3.96. The van der Waals surface area contributed by atoms with E-state index in [0.717, 1.165) is 31.9 Å². The zero-order valence-corrected chi connectivity index (χ0v) is 11.6. The Balaban J connectivity index is 2.59. The molecule has 2 nitrogen and oxygen atoms in total. The third kappa shape index (κ3) is 4.68. The second-order valence-electron chi connectivity index (χ2n) is 4.70. The molecule has 0 amide bonds. The molecule has 96 valence electrons. The molecule has 1 aromatic rings. The molecule has 17 heavy (non-hydrogen) atoms. The molecular weight excluding hydrogens is 210 g/mol. The lowest BCUT2D eigenvalue weighted by atomic mass is 10.1. The average Bonchev–Trinajstić information content (AvgIpc) is 2.31. The van der Waals surface area contributed by atoms with Crippen molar-refractivity contribution >= 4 is 5.69 Å². The fourth-order valence-electron chi connectivity index (χ4n) is 1.77. The van der Waals surface area contributed by atoms with Crippen LogP contribution < -0.4 is 9.64 Å². The van der Waals surface area contributed by atoms with Gasteiger partial charge in [-0.25, -0.2) is 0 Å². The summed E-state index contributed by atoms with van der Waals surface area (Å²) < 4.78 is 5.77. The van der Waals surface area contributed by atoms with Crippen LogP contribution in [0.1, 0.15) is 34.1 Å². The van der Waals surface area contributed by atoms with Crippen LogP contribution in [0.5, 0.6) is 5.75 Å². The van der Waals surface area contributed by atoms with E-state index in [-0.39, 0.29) is 0 Å². The number of hydrogen-bond donors (Lipinski definition) is 0. The zero-order valence-electron chi connectivity index (χ0n) is 11.6. The van der Waals surface area contributed by atoms with Crippen LogP contribution >= 0.6 is 0 Å². The smallest absolute Gasteiger partial charge is 0.121 e. The fourth-order valence-corrected chi connectivity index (χ4v) is 1.77. The summed E-state index contributed by atoms with van der Waals surface area (Å²) in [5, 5.41) is 0. The van der Waals surface area contributed by atoms with Crippen molar-refractivity contribution in [1.82, 2.24) is 0 Å². The fraction of sp³-hybridized carbons (Fsp3) is 0.600. The predicted molar refractivity (Wildman–Crippen MR) is 75.0 cm³/mol. The quantitative estimate of drug-likeness (QED) is 0.709. The van der Waals surface area contributed by atoms with Gasteiger partial charge in [-0.1, -0.05) is 19.9 Å². The average molecular weight is 235 g/mol. The molecule has 0 spiro atoms. The Morgan fingerprint density at radius 3 is 2.47 bits per heavy atom. The Morgan fingerprint density at radius 1 is 1.18 bits per heavy atom. The van der Waals surface area contributed by atoms with Crippen LogP contribution in [-0.4, -0.2) is 19.7 Å². The van der Waals surface area contributed by atoms with Crippen LogP contribution in [0.15, 0.2) is 24.3 Å². The molecule has 1 aromatic carbocycles. The van der Waals surface area contributed by atoms with Gasteiger partial charge < -0.3 is 9.64 Å². The molecule has 1 rings (SSSR count). The molecule has 0 radical (unpaired) electrons. The standard InChI is InChI=1S/C15H25NO/c1-5-16(6-2)14-8-7-9-15(12-14)17-11-10-13(3)4/h7-9,12-13H,5-6,10-11H2,1-4H3. The highest BCUT2D eigenvalue weighted by Crippen LogP contribution is 2.21. The van der Waals surface area contributed by atoms with Crippen molar-refractivity contribution in [2.75, 3.05) is 24.6 Å². The minimum Gasteiger partial charge on any atom is -0.494 e. The second-order valence-corrected chi connectivity index (χ2v) is 4.70. The van der Waals surface area contributed by atoms with Gasteiger partial charge >= 0.3 is 0 Å². The summed E-state index contributed by atoms with van der Waals surface area (Å²) in [5.41, 5.74) is 1.25. The van der Waals surface area contributed by atoms with E-state index >= 15 is 0 Å². The van der Waals surface area contributed by atoms with Crippen molar-refractivity contribution < 1.29 is 4.74 Å². The highest BCUT2D eigenvalue weighted by molar-refractivity contribution is 5.50. The van der Waals surface area contributed by atoms with Crippen molar-refractivity contribution in [2.24, 2.45) is 5.92 Å². The number of ether oxygens (including phenoxy) is 1. The first kappa shape index (κ1) is 13.9. The number of hydrogen-bond acceptors (Lipinski definition) is 2. The Hall–Kier alpha value is -1.18. The maximum absolute atomic E-state index is 5.77. The summed E-state index contributed by atoms with van der Waals surface area (Å²) in [4.78, 5) is 2.33. The van der Waals surface area contributed by atoms with Gasteiger partial charge in [0.05, 0.1) is 6.61 Å². The number of rotatable bonds is 7. The van der Waals surface area contributed by atoms with Crippen molar-refractivity contribution in [3.63, 3.8) is 0 Å². The number of anilines is 1. The molecule has 2 heteroatoms. The SMILES string of the molecule is CCN(CC)c1cccc(OCCC(C)C)c1. The van der Waals surface area contributed by atoms with Crippen molar-refractivity contribution in [3.8, 4) is 5.75 Å². The van der Waals surface area contributed by atoms with Gasteiger partial charge in [-0.05, 0) is 38.3 Å². The Morgan fingerprint density at radius 2 is 1.88 bits per heavy atom. The van der Waals surface area contributed by atoms with Crippen molar-refractivity contribution in [3.05, 3.63) is 24.3 Å². The van der Waals surface area contributed by atoms with E-state index in [9.17, 15) is 0 Å². The normalized spacial score (nSPS) is 10.6. The molecule has 0 saturated heterocycles. The Kier molecular flexibility index (Phi) is 5.88. The molecule has 0 saturated carbocycles. The Bertz CT molecular complexity index is 318. The third-order valence-corrected chi connectivity index (χ3v) is 2.91. The lowest BCUT2D eigenvalue weighted by molar-refractivity contribution is 0.289. The zero-order chi connectivity index (χ0) is 12.7. The van der Waals surface area contributed by atoms with Crippen LogP contribution in [-0.2, 0) is 0 Å². The van der Waals surface area contributed by atoms with Gasteiger partial charge in [0, 0.05) is 24.8 Å². The van der Waals surface area contributed by atoms with Gasteiger partial charge in [0.1, 0.15) is 5.75 Å². The number of nitrogens with zero attached hydrogens (tertiary/aromatic N) is 1. The van der Waals surface area contributed by atoms with E-state index in [1.807, 2.05) is 6.07 Å². The molecule has 0 heterocycles. The van der Waals surface area contributed by atoms with Gasteiger partial charge in [0.15, 0.2) is 0 Å². The summed E-state index contributed by atoms with van der Waals surface area (Å²) in [5.74, 6) is 1.68. The van der Waals surface area contributed by atoms with Gasteiger partial charge in [-0.15, -0.1) is 0 Å². The first-order valence-electron chi connectivity index (χ1n) is 6.65. The first-order chi connectivity index (χ1) is 8.17. The largest absolute Gasteiger partial charge is 0.494 e. The van der Waals surface area contributed by atoms with Gasteiger partial charge in [-0.2, -0.15) is 0 Å². The molecule has 0 aromatic heterocycles. The summed E-state index contributed by atoms with van der Waals surface area (Å²) in [6, 6.07) is 8.38. The lowest BCUT2D eigenvalue weighted by Crippen LogP contribution is -2.21. The molecule has 0 atom stereocenters. The van der Waals surface area contributed by atoms with Crippen LogP contribution in [0.25, 0.3) is 0 Å². The minimum atomic E-state index is 0.695. The van der Waals surface area contributed by atoms with E-state index in [1.165, 1.54) is 5.69 Å². The minimum absolute atomic E-state index is 0.695. The third-order valence-electron chi connectivity index (χ3n) is 2.91. The molecule has 0 fully saturated rings. The van der Waals surface area contributed by atoms with Crippen LogP contribution in [0.2, 0.25) is 0 Å². The summed E-state index contributed by atoms with van der Waals surface area (Å²) >= 11 is 0. The van der Waals surface area contributed by atoms with Gasteiger partial charge in [0.2, 0.25) is 0 Å². The van der Waals surface area contributed by atoms with E-state index in [2.05, 4.69) is 50.8 Å². The molecule has 0 bridgehead atoms. The number of benzene rings is 1. The van der Waals surface area contributed by atoms with Gasteiger partial charge in [-0.3, -0.25) is 0 Å². The van der Waals surface area contributed by atoms with Crippen LogP contribution in [0.3, 0.4) is 0 Å². The molecule has 0 N–H and O–H groups in total. The molecular formula is C15H25NO. The summed E-state index contributed by atoms with van der Waals surface area (Å²) in [7, 11) is 0. The second kappa shape index (κ2) is 7.21. The monoisotopic (exact) mass is 235 g/mol. The highest BCUT2D eigenvalue weighted by atomic mass is 16.5. The topological polar surface area (TPSA) is 12.5 Å². The maximum Gasteiger partial charge on any atom is 0.121 e. The molecule has 0 aliphatic rings. The molecule has 0 unspecified atom stereocenters. The van der Waals surface area contributed by atoms with Crippen LogP contribution in [0, 0.1) is 5.92 Å². The Labute approximate surface area is 106 Å². The van der Waals surface area contributed by atoms with Crippen molar-refractivity contribution in [2.45, 2.75) is 34.1 Å². The van der Waals surface area contributed by atoms with Gasteiger partial charge in [0.25, 0.3) is 0 Å². The summed E-state index contributed by atoms with van der Waals surface area (Å²) in [6.45, 7) is 11.7. The van der Waals surface area contributed by atoms with Crippen molar-refractivity contribution in [1.29, 1.82) is 0 Å². The highest BCUT2D eigenvalue weighted by Gasteiger charge is 2.03. The first-order valence-corrected chi connectivity index (χ1v) is 6.65. The van der Waals surface area contributed by atoms with E-state index < -0.39 is 0 Å². The van der Waals surface area contributed by atoms with E-state index in [1.54, 1.807) is 0 Å². The van der Waals surface area contributed by atoms with E-state index in [0.29, 0.717) is 5.92 Å². The maximum atomic E-state index is 5.77. The van der Waals surface area contributed by atoms with E-state index in [4.69, 9.17) is 4.74 Å². The molecule has 0 aliphatic carbocycles. The van der Waals surface area contributed by atoms with Crippen LogP contribution in [0.4, 0.5) is 5.69 Å². The summed E-state index contributed by atoms with van der Waals surface area (Å²) in [6.07, 6.45) is 1.11.